The largest absolute Gasteiger partial charge is 0.360 e. The molecule has 0 aliphatic carbocycles. The molecule has 0 atom stereocenters. The summed E-state index contributed by atoms with van der Waals surface area (Å²) in [7, 11) is 0. The minimum Gasteiger partial charge on any atom is -0.360 e. The topological polar surface area (TPSA) is 76.8 Å². The number of benzene rings is 1. The maximum absolute atomic E-state index is 12.5. The highest BCUT2D eigenvalue weighted by Gasteiger charge is 2.22. The highest BCUT2D eigenvalue weighted by molar-refractivity contribution is 8.00. The van der Waals surface area contributed by atoms with Crippen LogP contribution in [0.4, 0.5) is 5.82 Å². The zero-order valence-electron chi connectivity index (χ0n) is 16.4. The van der Waals surface area contributed by atoms with Crippen molar-refractivity contribution in [1.82, 2.24) is 20.5 Å². The Morgan fingerprint density at radius 3 is 2.93 bits per heavy atom. The van der Waals surface area contributed by atoms with Gasteiger partial charge in [0.1, 0.15) is 0 Å². The third-order valence-electron chi connectivity index (χ3n) is 5.45. The fraction of sp³-hybridized carbons (Fsp3) is 0.273. The SMILES string of the molecule is O=C(CSc1c[nH]c2ccccc12)NC1CCN(c2cc(-c3cccs3)[nH]n2)CC1. The lowest BCUT2D eigenvalue weighted by atomic mass is 10.1. The van der Waals surface area contributed by atoms with Crippen LogP contribution >= 0.6 is 23.1 Å². The number of hydrogen-bond donors (Lipinski definition) is 3. The third kappa shape index (κ3) is 4.11. The van der Waals surface area contributed by atoms with E-state index in [1.54, 1.807) is 23.1 Å². The molecule has 0 saturated carbocycles. The fourth-order valence-electron chi connectivity index (χ4n) is 3.86. The van der Waals surface area contributed by atoms with Gasteiger partial charge >= 0.3 is 0 Å². The molecule has 4 heterocycles. The lowest BCUT2D eigenvalue weighted by Crippen LogP contribution is -2.45. The highest BCUT2D eigenvalue weighted by Crippen LogP contribution is 2.28. The second-order valence-electron chi connectivity index (χ2n) is 7.43. The van der Waals surface area contributed by atoms with E-state index in [0.717, 1.165) is 47.9 Å². The van der Waals surface area contributed by atoms with Gasteiger partial charge in [0.2, 0.25) is 5.91 Å². The number of amides is 1. The van der Waals surface area contributed by atoms with Gasteiger partial charge < -0.3 is 15.2 Å². The summed E-state index contributed by atoms with van der Waals surface area (Å²) >= 11 is 3.29. The average molecular weight is 438 g/mol. The summed E-state index contributed by atoms with van der Waals surface area (Å²) in [5.41, 5.74) is 2.16. The number of thioether (sulfide) groups is 1. The number of aromatic nitrogens is 3. The second kappa shape index (κ2) is 8.57. The van der Waals surface area contributed by atoms with Crippen LogP contribution in [0.1, 0.15) is 12.8 Å². The van der Waals surface area contributed by atoms with Crippen molar-refractivity contribution in [3.8, 4) is 10.6 Å². The predicted molar refractivity (Wildman–Crippen MR) is 124 cm³/mol. The van der Waals surface area contributed by atoms with Crippen LogP contribution in [0.2, 0.25) is 0 Å². The number of piperidine rings is 1. The minimum absolute atomic E-state index is 0.100. The van der Waals surface area contributed by atoms with Gasteiger partial charge in [-0.3, -0.25) is 9.89 Å². The number of nitrogens with one attached hydrogen (secondary N) is 3. The lowest BCUT2D eigenvalue weighted by molar-refractivity contribution is -0.119. The first-order valence-corrected chi connectivity index (χ1v) is 12.0. The molecular weight excluding hydrogens is 414 g/mol. The molecule has 8 heteroatoms. The van der Waals surface area contributed by atoms with Crippen molar-refractivity contribution in [2.75, 3.05) is 23.7 Å². The van der Waals surface area contributed by atoms with Gasteiger partial charge in [-0.1, -0.05) is 24.3 Å². The molecule has 3 aromatic heterocycles. The number of thiophene rings is 1. The van der Waals surface area contributed by atoms with E-state index in [9.17, 15) is 4.79 Å². The molecule has 154 valence electrons. The maximum atomic E-state index is 12.5. The molecule has 1 aliphatic rings. The molecule has 1 fully saturated rings. The number of carbonyl (C=O) groups is 1. The Labute approximate surface area is 183 Å². The van der Waals surface area contributed by atoms with Gasteiger partial charge in [-0.25, -0.2) is 0 Å². The number of H-pyrrole nitrogens is 2. The Morgan fingerprint density at radius 2 is 2.10 bits per heavy atom. The van der Waals surface area contributed by atoms with Crippen molar-refractivity contribution in [2.24, 2.45) is 0 Å². The first kappa shape index (κ1) is 19.3. The van der Waals surface area contributed by atoms with Crippen LogP contribution in [0.25, 0.3) is 21.5 Å². The molecule has 1 aromatic carbocycles. The van der Waals surface area contributed by atoms with Gasteiger partial charge in [-0.05, 0) is 30.4 Å². The van der Waals surface area contributed by atoms with Crippen LogP contribution in [0.3, 0.4) is 0 Å². The molecule has 0 spiro atoms. The normalized spacial score (nSPS) is 15.0. The zero-order valence-corrected chi connectivity index (χ0v) is 18.1. The molecule has 0 radical (unpaired) electrons. The summed E-state index contributed by atoms with van der Waals surface area (Å²) in [5.74, 6) is 1.52. The minimum atomic E-state index is 0.100. The predicted octanol–water partition coefficient (Wildman–Crippen LogP) is 4.50. The number of aromatic amines is 2. The van der Waals surface area contributed by atoms with E-state index in [1.807, 2.05) is 24.4 Å². The third-order valence-corrected chi connectivity index (χ3v) is 7.40. The van der Waals surface area contributed by atoms with E-state index >= 15 is 0 Å². The van der Waals surface area contributed by atoms with Crippen LogP contribution in [0.15, 0.2) is 58.9 Å². The molecule has 5 rings (SSSR count). The lowest BCUT2D eigenvalue weighted by Gasteiger charge is -2.32. The highest BCUT2D eigenvalue weighted by atomic mass is 32.2. The van der Waals surface area contributed by atoms with Crippen molar-refractivity contribution >= 4 is 45.7 Å². The number of fused-ring (bicyclic) bond motifs is 1. The summed E-state index contributed by atoms with van der Waals surface area (Å²) in [4.78, 5) is 20.3. The zero-order chi connectivity index (χ0) is 20.3. The van der Waals surface area contributed by atoms with E-state index in [1.165, 1.54) is 10.3 Å². The van der Waals surface area contributed by atoms with Gasteiger partial charge in [-0.2, -0.15) is 5.10 Å². The Hall–Kier alpha value is -2.71. The number of para-hydroxylation sites is 1. The Bertz CT molecular complexity index is 1130. The number of nitrogens with zero attached hydrogens (tertiary/aromatic N) is 2. The van der Waals surface area contributed by atoms with E-state index in [4.69, 9.17) is 0 Å². The molecule has 1 aliphatic heterocycles. The first-order chi connectivity index (χ1) is 14.8. The summed E-state index contributed by atoms with van der Waals surface area (Å²) in [6.45, 7) is 1.80. The van der Waals surface area contributed by atoms with Gasteiger partial charge in [0.15, 0.2) is 5.82 Å². The number of anilines is 1. The molecule has 3 N–H and O–H groups in total. The van der Waals surface area contributed by atoms with Gasteiger partial charge in [0, 0.05) is 47.2 Å². The standard InChI is InChI=1S/C22H23N5OS2/c28-22(14-30-20-13-23-17-5-2-1-4-16(17)20)24-15-7-9-27(10-8-15)21-12-18(25-26-21)19-6-3-11-29-19/h1-6,11-13,15,23H,7-10,14H2,(H,24,28)(H,25,26). The molecular formula is C22H23N5OS2. The van der Waals surface area contributed by atoms with E-state index in [2.05, 4.69) is 55.0 Å². The van der Waals surface area contributed by atoms with E-state index < -0.39 is 0 Å². The van der Waals surface area contributed by atoms with Crippen LogP contribution in [-0.2, 0) is 4.79 Å². The summed E-state index contributed by atoms with van der Waals surface area (Å²) < 4.78 is 0. The van der Waals surface area contributed by atoms with E-state index in [0.29, 0.717) is 5.75 Å². The molecule has 30 heavy (non-hydrogen) atoms. The Morgan fingerprint density at radius 1 is 1.23 bits per heavy atom. The van der Waals surface area contributed by atoms with Gasteiger partial charge in [-0.15, -0.1) is 23.1 Å². The van der Waals surface area contributed by atoms with Gasteiger partial charge in [0.05, 0.1) is 16.3 Å². The fourth-order valence-corrected chi connectivity index (χ4v) is 5.40. The van der Waals surface area contributed by atoms with Gasteiger partial charge in [0.25, 0.3) is 0 Å². The molecule has 4 aromatic rings. The van der Waals surface area contributed by atoms with Crippen molar-refractivity contribution < 1.29 is 4.79 Å². The van der Waals surface area contributed by atoms with Crippen molar-refractivity contribution in [3.05, 3.63) is 54.0 Å². The smallest absolute Gasteiger partial charge is 0.230 e. The van der Waals surface area contributed by atoms with Crippen LogP contribution in [0.5, 0.6) is 0 Å². The average Bonchev–Trinajstić information content (AvgIpc) is 3.53. The molecule has 6 nitrogen and oxygen atoms in total. The van der Waals surface area contributed by atoms with Crippen molar-refractivity contribution in [3.63, 3.8) is 0 Å². The quantitative estimate of drug-likeness (QED) is 0.388. The van der Waals surface area contributed by atoms with Crippen molar-refractivity contribution in [2.45, 2.75) is 23.8 Å². The number of rotatable bonds is 6. The maximum Gasteiger partial charge on any atom is 0.230 e. The summed E-state index contributed by atoms with van der Waals surface area (Å²) in [6, 6.07) is 14.7. The van der Waals surface area contributed by atoms with Crippen molar-refractivity contribution in [1.29, 1.82) is 0 Å². The second-order valence-corrected chi connectivity index (χ2v) is 9.40. The Kier molecular flexibility index (Phi) is 5.50. The molecule has 1 amide bonds. The monoisotopic (exact) mass is 437 g/mol. The Balaban J connectivity index is 1.10. The molecule has 0 bridgehead atoms. The molecule has 0 unspecified atom stereocenters. The van der Waals surface area contributed by atoms with Crippen LogP contribution in [-0.4, -0.2) is 46.0 Å². The summed E-state index contributed by atoms with van der Waals surface area (Å²) in [6.07, 6.45) is 3.85. The van der Waals surface area contributed by atoms with Crippen LogP contribution < -0.4 is 10.2 Å². The molecule has 1 saturated heterocycles. The van der Waals surface area contributed by atoms with E-state index in [-0.39, 0.29) is 11.9 Å². The summed E-state index contributed by atoms with van der Waals surface area (Å²) in [5, 5.41) is 14.1. The van der Waals surface area contributed by atoms with Crippen LogP contribution in [0, 0.1) is 0 Å². The number of carbonyl (C=O) groups excluding carboxylic acids is 1. The first-order valence-electron chi connectivity index (χ1n) is 10.1. The number of hydrogen-bond acceptors (Lipinski definition) is 5.